The van der Waals surface area contributed by atoms with Crippen molar-refractivity contribution in [3.05, 3.63) is 13.8 Å². The van der Waals surface area contributed by atoms with Crippen molar-refractivity contribution in [1.82, 2.24) is 0 Å². The molecule has 0 aromatic heterocycles. The van der Waals surface area contributed by atoms with Gasteiger partial charge in [0.25, 0.3) is 0 Å². The minimum absolute atomic E-state index is 0. The first kappa shape index (κ1) is 15.8. The van der Waals surface area contributed by atoms with Gasteiger partial charge in [-0.05, 0) is 0 Å². The molecule has 0 aliphatic heterocycles. The molecule has 0 spiro atoms. The number of hydrogen-bond acceptors (Lipinski definition) is 0. The molecule has 0 amide bonds. The Balaban J connectivity index is -0.0000000400. The van der Waals surface area contributed by atoms with Gasteiger partial charge in [0, 0.05) is 0 Å². The topological polar surface area (TPSA) is 0 Å². The average Bonchev–Trinajstić information content (AvgIpc) is 1.39. The second kappa shape index (κ2) is 25.6. The Morgan fingerprint density at radius 2 is 1.00 bits per heavy atom. The van der Waals surface area contributed by atoms with Crippen molar-refractivity contribution in [2.45, 2.75) is 26.7 Å². The van der Waals surface area contributed by atoms with Gasteiger partial charge >= 0.3 is 48.9 Å². The van der Waals surface area contributed by atoms with Gasteiger partial charge in [0.1, 0.15) is 0 Å². The summed E-state index contributed by atoms with van der Waals surface area (Å²) < 4.78 is 0. The Kier molecular flexibility index (Phi) is 58.0. The second-order valence-corrected chi connectivity index (χ2v) is 1.000. The fourth-order valence-corrected chi connectivity index (χ4v) is 0. The van der Waals surface area contributed by atoms with Crippen molar-refractivity contribution >= 4 is 48.9 Å². The minimum Gasteiger partial charge on any atom is -0.344 e. The zero-order valence-corrected chi connectivity index (χ0v) is 9.98. The van der Waals surface area contributed by atoms with Crippen molar-refractivity contribution in [1.29, 1.82) is 0 Å². The van der Waals surface area contributed by atoms with E-state index in [4.69, 9.17) is 0 Å². The van der Waals surface area contributed by atoms with Gasteiger partial charge in [0.15, 0.2) is 0 Å². The maximum absolute atomic E-state index is 3.49. The van der Waals surface area contributed by atoms with Crippen molar-refractivity contribution in [3.8, 4) is 0 Å². The first-order chi connectivity index (χ1) is 2.83. The molecule has 0 aliphatic rings. The number of hydrogen-bond donors (Lipinski definition) is 0. The summed E-state index contributed by atoms with van der Waals surface area (Å²) in [6.07, 6.45) is 2.00. The molecule has 0 aromatic rings. The average molecular weight is 224 g/mol. The van der Waals surface area contributed by atoms with Crippen LogP contribution in [-0.2, 0) is 0 Å². The summed E-state index contributed by atoms with van der Waals surface area (Å²) in [5.74, 6) is 0. The predicted octanol–water partition coefficient (Wildman–Crippen LogP) is 2.08. The first-order valence-corrected chi connectivity index (χ1v) is 2.41. The van der Waals surface area contributed by atoms with Crippen molar-refractivity contribution < 1.29 is 0 Å². The van der Waals surface area contributed by atoms with Gasteiger partial charge in [-0.2, -0.15) is 12.8 Å². The van der Waals surface area contributed by atoms with Crippen LogP contribution in [0.1, 0.15) is 26.7 Å². The molecule has 40 valence electrons. The van der Waals surface area contributed by atoms with E-state index in [1.807, 2.05) is 13.8 Å². The summed E-state index contributed by atoms with van der Waals surface area (Å²) in [7, 11) is 0. The van der Waals surface area contributed by atoms with E-state index in [1.165, 1.54) is 0 Å². The standard InChI is InChI=1S/2C3H7.Ba/c2*1-3-2;/h2*1,3H2,2H3;/q2*-1;+2. The fourth-order valence-electron chi connectivity index (χ4n) is 0. The van der Waals surface area contributed by atoms with E-state index in [1.54, 1.807) is 0 Å². The Hall–Kier alpha value is 1.57. The third-order valence-corrected chi connectivity index (χ3v) is 0. The SMILES string of the molecule is [Ba+2].[CH2-]CC.[CH2-]CC. The van der Waals surface area contributed by atoms with Crippen LogP contribution >= 0.6 is 0 Å². The van der Waals surface area contributed by atoms with Crippen LogP contribution in [0.5, 0.6) is 0 Å². The molecular formula is C6H14Ba. The van der Waals surface area contributed by atoms with Crippen LogP contribution in [-0.4, -0.2) is 48.9 Å². The molecule has 1 heteroatoms. The zero-order valence-electron chi connectivity index (χ0n) is 5.54. The molecule has 0 heterocycles. The maximum atomic E-state index is 3.49. The van der Waals surface area contributed by atoms with Gasteiger partial charge in [-0.15, -0.1) is 0 Å². The van der Waals surface area contributed by atoms with Gasteiger partial charge in [0.2, 0.25) is 0 Å². The summed E-state index contributed by atoms with van der Waals surface area (Å²) in [5, 5.41) is 0. The smallest absolute Gasteiger partial charge is 0.344 e. The Morgan fingerprint density at radius 1 is 1.00 bits per heavy atom. The molecule has 0 aromatic carbocycles. The van der Waals surface area contributed by atoms with E-state index >= 15 is 0 Å². The zero-order chi connectivity index (χ0) is 5.41. The molecule has 0 atom stereocenters. The summed E-state index contributed by atoms with van der Waals surface area (Å²) in [5.41, 5.74) is 0. The van der Waals surface area contributed by atoms with Gasteiger partial charge in [-0.25, -0.2) is 0 Å². The van der Waals surface area contributed by atoms with Crippen LogP contribution in [0.3, 0.4) is 0 Å². The van der Waals surface area contributed by atoms with Crippen LogP contribution in [0.15, 0.2) is 0 Å². The van der Waals surface area contributed by atoms with E-state index in [0.717, 1.165) is 12.8 Å². The van der Waals surface area contributed by atoms with Gasteiger partial charge in [0.05, 0.1) is 0 Å². The molecule has 7 heavy (non-hydrogen) atoms. The quantitative estimate of drug-likeness (QED) is 0.436. The van der Waals surface area contributed by atoms with E-state index < -0.39 is 0 Å². The minimum atomic E-state index is 0. The van der Waals surface area contributed by atoms with Crippen molar-refractivity contribution in [2.75, 3.05) is 0 Å². The Morgan fingerprint density at radius 3 is 1.00 bits per heavy atom. The van der Waals surface area contributed by atoms with Gasteiger partial charge in [-0.1, -0.05) is 13.8 Å². The Labute approximate surface area is 88.1 Å². The molecule has 0 unspecified atom stereocenters. The molecule has 0 saturated heterocycles. The molecule has 0 saturated carbocycles. The fraction of sp³-hybridized carbons (Fsp3) is 0.667. The second-order valence-electron chi connectivity index (χ2n) is 1.000. The first-order valence-electron chi connectivity index (χ1n) is 2.41. The molecule has 0 N–H and O–H groups in total. The third-order valence-electron chi connectivity index (χ3n) is 0. The molecule has 0 aliphatic carbocycles. The van der Waals surface area contributed by atoms with Crippen molar-refractivity contribution in [3.63, 3.8) is 0 Å². The van der Waals surface area contributed by atoms with Gasteiger partial charge < -0.3 is 13.8 Å². The molecular weight excluding hydrogens is 209 g/mol. The predicted molar refractivity (Wildman–Crippen MR) is 37.0 cm³/mol. The van der Waals surface area contributed by atoms with Crippen LogP contribution in [0.2, 0.25) is 0 Å². The van der Waals surface area contributed by atoms with Crippen molar-refractivity contribution in [2.24, 2.45) is 0 Å². The largest absolute Gasteiger partial charge is 2.00 e. The molecule has 0 rings (SSSR count). The summed E-state index contributed by atoms with van der Waals surface area (Å²) in [4.78, 5) is 0. The van der Waals surface area contributed by atoms with Crippen LogP contribution < -0.4 is 0 Å². The van der Waals surface area contributed by atoms with E-state index in [0.29, 0.717) is 0 Å². The molecule has 0 bridgehead atoms. The summed E-state index contributed by atoms with van der Waals surface area (Å²) in [6, 6.07) is 0. The van der Waals surface area contributed by atoms with E-state index in [2.05, 4.69) is 13.8 Å². The molecule has 0 nitrogen and oxygen atoms in total. The van der Waals surface area contributed by atoms with E-state index in [9.17, 15) is 0 Å². The Bertz CT molecular complexity index is 6.14. The summed E-state index contributed by atoms with van der Waals surface area (Å²) >= 11 is 0. The monoisotopic (exact) mass is 224 g/mol. The van der Waals surface area contributed by atoms with E-state index in [-0.39, 0.29) is 48.9 Å². The maximum Gasteiger partial charge on any atom is 2.00 e. The van der Waals surface area contributed by atoms with Crippen LogP contribution in [0.4, 0.5) is 0 Å². The number of rotatable bonds is 0. The molecule has 0 fully saturated rings. The summed E-state index contributed by atoms with van der Waals surface area (Å²) in [6.45, 7) is 11.0. The van der Waals surface area contributed by atoms with Gasteiger partial charge in [-0.3, -0.25) is 0 Å². The normalized spacial score (nSPS) is 5.14. The molecule has 0 radical (unpaired) electrons. The van der Waals surface area contributed by atoms with Crippen LogP contribution in [0.25, 0.3) is 0 Å². The van der Waals surface area contributed by atoms with Crippen LogP contribution in [0, 0.1) is 13.8 Å². The third kappa shape index (κ3) is 95.2.